The zero-order valence-electron chi connectivity index (χ0n) is 21.4. The van der Waals surface area contributed by atoms with E-state index in [1.54, 1.807) is 6.07 Å². The first-order valence-corrected chi connectivity index (χ1v) is 12.2. The minimum atomic E-state index is -0.843. The van der Waals surface area contributed by atoms with Gasteiger partial charge >= 0.3 is 0 Å². The Morgan fingerprint density at radius 2 is 2.15 bits per heavy atom. The number of amidine groups is 1. The van der Waals surface area contributed by atoms with Crippen molar-refractivity contribution >= 4 is 11.7 Å². The lowest BCUT2D eigenvalue weighted by Crippen LogP contribution is -2.59. The quantitative estimate of drug-likeness (QED) is 0.342. The molecule has 0 saturated carbocycles. The Morgan fingerprint density at radius 1 is 1.41 bits per heavy atom. The molecule has 8 nitrogen and oxygen atoms in total. The summed E-state index contributed by atoms with van der Waals surface area (Å²) in [5, 5.41) is 17.8. The molecule has 5 N–H and O–H groups in total. The molecule has 3 rings (SSSR count). The fourth-order valence-electron chi connectivity index (χ4n) is 4.97. The number of nitrogens with one attached hydrogen (secondary N) is 2. The van der Waals surface area contributed by atoms with Crippen LogP contribution in [0.4, 0.5) is 0 Å². The monoisotopic (exact) mass is 471 g/mol. The SMILES string of the molecule is C/C=C\NCC(N=C(N)CC)[C@@]1(C)[C@H](O)C(NC(=O)c2cccc3c2OCCC3(C)C)CN1C. The molecule has 1 aromatic rings. The number of fused-ring (bicyclic) bond motifs is 1. The predicted octanol–water partition coefficient (Wildman–Crippen LogP) is 2.17. The van der Waals surface area contributed by atoms with E-state index < -0.39 is 17.7 Å². The normalized spacial score (nSPS) is 27.8. The van der Waals surface area contributed by atoms with Gasteiger partial charge in [-0.2, -0.15) is 0 Å². The number of hydrogen-bond donors (Lipinski definition) is 4. The van der Waals surface area contributed by atoms with Crippen LogP contribution in [0.1, 0.15) is 63.4 Å². The number of benzene rings is 1. The number of ether oxygens (including phenoxy) is 1. The van der Waals surface area contributed by atoms with Crippen LogP contribution in [0.3, 0.4) is 0 Å². The highest BCUT2D eigenvalue weighted by atomic mass is 16.5. The van der Waals surface area contributed by atoms with Crippen molar-refractivity contribution in [3.05, 3.63) is 41.6 Å². The van der Waals surface area contributed by atoms with E-state index in [1.165, 1.54) is 0 Å². The standard InChI is InChI=1S/C26H41N5O3/c1-7-13-28-15-20(30-21(27)8-2)26(5)23(32)19(16-31(26)6)29-24(33)17-10-9-11-18-22(17)34-14-12-25(18,3)4/h7,9-11,13,19-20,23,28,32H,8,12,14-16H2,1-6H3,(H2,27,30)(H,29,33)/b13-7-/t19?,20?,23-,26+/m1/s1. The smallest absolute Gasteiger partial charge is 0.255 e. The van der Waals surface area contributed by atoms with E-state index in [2.05, 4.69) is 29.4 Å². The average molecular weight is 472 g/mol. The second-order valence-corrected chi connectivity index (χ2v) is 10.2. The molecule has 0 aromatic heterocycles. The van der Waals surface area contributed by atoms with Crippen molar-refractivity contribution in [3.63, 3.8) is 0 Å². The van der Waals surface area contributed by atoms with Crippen molar-refractivity contribution in [2.45, 2.75) is 76.6 Å². The zero-order valence-corrected chi connectivity index (χ0v) is 21.4. The van der Waals surface area contributed by atoms with Gasteiger partial charge in [-0.25, -0.2) is 0 Å². The van der Waals surface area contributed by atoms with E-state index >= 15 is 0 Å². The van der Waals surface area contributed by atoms with Gasteiger partial charge in [0.25, 0.3) is 5.91 Å². The van der Waals surface area contributed by atoms with Crippen molar-refractivity contribution in [1.82, 2.24) is 15.5 Å². The molecule has 0 radical (unpaired) electrons. The first kappa shape index (κ1) is 26.0. The molecule has 2 unspecified atom stereocenters. The molecular formula is C26H41N5O3. The van der Waals surface area contributed by atoms with Gasteiger partial charge in [-0.05, 0) is 45.0 Å². The summed E-state index contributed by atoms with van der Waals surface area (Å²) in [6.07, 6.45) is 4.46. The third kappa shape index (κ3) is 4.93. The number of aliphatic hydroxyl groups excluding tert-OH is 1. The van der Waals surface area contributed by atoms with Crippen molar-refractivity contribution in [2.24, 2.45) is 10.7 Å². The van der Waals surface area contributed by atoms with Crippen LogP contribution in [0.25, 0.3) is 0 Å². The second-order valence-electron chi connectivity index (χ2n) is 10.2. The van der Waals surface area contributed by atoms with Crippen LogP contribution < -0.4 is 21.1 Å². The molecule has 1 fully saturated rings. The Hall–Kier alpha value is -2.58. The lowest BCUT2D eigenvalue weighted by atomic mass is 9.79. The maximum absolute atomic E-state index is 13.4. The number of allylic oxidation sites excluding steroid dienone is 1. The summed E-state index contributed by atoms with van der Waals surface area (Å²) >= 11 is 0. The molecule has 1 saturated heterocycles. The van der Waals surface area contributed by atoms with Crippen LogP contribution in [0, 0.1) is 0 Å². The number of aliphatic imine (C=N–C) groups is 1. The highest BCUT2D eigenvalue weighted by molar-refractivity contribution is 5.97. The van der Waals surface area contributed by atoms with Gasteiger partial charge in [-0.3, -0.25) is 14.7 Å². The Balaban J connectivity index is 1.84. The van der Waals surface area contributed by atoms with Gasteiger partial charge < -0.3 is 26.2 Å². The van der Waals surface area contributed by atoms with Gasteiger partial charge in [0.2, 0.25) is 0 Å². The molecule has 0 aliphatic carbocycles. The summed E-state index contributed by atoms with van der Waals surface area (Å²) in [6, 6.07) is 4.95. The molecule has 1 amide bonds. The number of amides is 1. The summed E-state index contributed by atoms with van der Waals surface area (Å²) in [6.45, 7) is 11.8. The molecule has 2 heterocycles. The lowest BCUT2D eigenvalue weighted by Gasteiger charge is -2.40. The van der Waals surface area contributed by atoms with Crippen LogP contribution >= 0.6 is 0 Å². The molecule has 2 aliphatic heterocycles. The van der Waals surface area contributed by atoms with Gasteiger partial charge in [0.05, 0.1) is 41.7 Å². The molecule has 0 spiro atoms. The fraction of sp³-hybridized carbons (Fsp3) is 0.615. The number of carbonyl (C=O) groups excluding carboxylic acids is 1. The van der Waals surface area contributed by atoms with Crippen molar-refractivity contribution in [2.75, 3.05) is 26.7 Å². The summed E-state index contributed by atoms with van der Waals surface area (Å²) < 4.78 is 5.93. The first-order valence-electron chi connectivity index (χ1n) is 12.2. The maximum Gasteiger partial charge on any atom is 0.255 e. The van der Waals surface area contributed by atoms with Crippen LogP contribution in [0.5, 0.6) is 5.75 Å². The fourth-order valence-corrected chi connectivity index (χ4v) is 4.97. The van der Waals surface area contributed by atoms with E-state index in [0.29, 0.717) is 43.3 Å². The average Bonchev–Trinajstić information content (AvgIpc) is 3.01. The van der Waals surface area contributed by atoms with E-state index in [0.717, 1.165) is 12.0 Å². The van der Waals surface area contributed by atoms with Gasteiger partial charge in [-0.1, -0.05) is 39.0 Å². The molecule has 8 heteroatoms. The van der Waals surface area contributed by atoms with Crippen LogP contribution in [-0.2, 0) is 5.41 Å². The number of carbonyl (C=O) groups is 1. The number of hydrogen-bond acceptors (Lipinski definition) is 6. The van der Waals surface area contributed by atoms with Crippen molar-refractivity contribution in [1.29, 1.82) is 0 Å². The van der Waals surface area contributed by atoms with Crippen LogP contribution in [-0.4, -0.2) is 72.2 Å². The van der Waals surface area contributed by atoms with Gasteiger partial charge in [0.1, 0.15) is 5.75 Å². The number of aliphatic hydroxyl groups is 1. The lowest BCUT2D eigenvalue weighted by molar-refractivity contribution is 0.0272. The summed E-state index contributed by atoms with van der Waals surface area (Å²) in [7, 11) is 1.95. The van der Waals surface area contributed by atoms with Crippen molar-refractivity contribution in [3.8, 4) is 5.75 Å². The van der Waals surface area contributed by atoms with E-state index in [1.807, 2.05) is 52.2 Å². The van der Waals surface area contributed by atoms with Crippen molar-refractivity contribution < 1.29 is 14.6 Å². The van der Waals surface area contributed by atoms with Gasteiger partial charge in [-0.15, -0.1) is 0 Å². The number of nitrogens with zero attached hydrogens (tertiary/aromatic N) is 2. The first-order chi connectivity index (χ1) is 16.1. The van der Waals surface area contributed by atoms with Crippen LogP contribution in [0.15, 0.2) is 35.5 Å². The second kappa shape index (κ2) is 10.4. The largest absolute Gasteiger partial charge is 0.492 e. The molecule has 2 aliphatic rings. The van der Waals surface area contributed by atoms with Gasteiger partial charge in [0.15, 0.2) is 0 Å². The Kier molecular flexibility index (Phi) is 7.93. The Labute approximate surface area is 203 Å². The van der Waals surface area contributed by atoms with Crippen LogP contribution in [0.2, 0.25) is 0 Å². The Morgan fingerprint density at radius 3 is 2.82 bits per heavy atom. The minimum absolute atomic E-state index is 0.0556. The molecule has 4 atom stereocenters. The summed E-state index contributed by atoms with van der Waals surface area (Å²) in [4.78, 5) is 20.2. The van der Waals surface area contributed by atoms with E-state index in [4.69, 9.17) is 15.5 Å². The summed E-state index contributed by atoms with van der Waals surface area (Å²) in [5.41, 5.74) is 6.87. The maximum atomic E-state index is 13.4. The summed E-state index contributed by atoms with van der Waals surface area (Å²) in [5.74, 6) is 0.947. The third-order valence-corrected chi connectivity index (χ3v) is 7.51. The number of likely N-dealkylation sites (tertiary alicyclic amines) is 1. The predicted molar refractivity (Wildman–Crippen MR) is 136 cm³/mol. The Bertz CT molecular complexity index is 944. The molecule has 34 heavy (non-hydrogen) atoms. The number of para-hydroxylation sites is 1. The number of nitrogens with two attached hydrogens (primary N) is 1. The third-order valence-electron chi connectivity index (χ3n) is 7.51. The molecule has 188 valence electrons. The van der Waals surface area contributed by atoms with Gasteiger partial charge in [0, 0.05) is 25.1 Å². The highest BCUT2D eigenvalue weighted by Gasteiger charge is 2.53. The van der Waals surface area contributed by atoms with E-state index in [-0.39, 0.29) is 17.4 Å². The number of rotatable bonds is 8. The topological polar surface area (TPSA) is 112 Å². The molecule has 0 bridgehead atoms. The zero-order chi connectivity index (χ0) is 25.1. The molecule has 1 aromatic carbocycles. The molecular weight excluding hydrogens is 430 g/mol. The van der Waals surface area contributed by atoms with E-state index in [9.17, 15) is 9.90 Å². The number of likely N-dealkylation sites (N-methyl/N-ethyl adjacent to an activating group) is 1. The highest BCUT2D eigenvalue weighted by Crippen LogP contribution is 2.40. The minimum Gasteiger partial charge on any atom is -0.492 e.